The van der Waals surface area contributed by atoms with Crippen LogP contribution in [0, 0.1) is 0 Å². The van der Waals surface area contributed by atoms with Gasteiger partial charge in [0.15, 0.2) is 0 Å². The molecule has 0 radical (unpaired) electrons. The summed E-state index contributed by atoms with van der Waals surface area (Å²) in [6.07, 6.45) is 0. The van der Waals surface area contributed by atoms with E-state index in [2.05, 4.69) is 5.32 Å². The van der Waals surface area contributed by atoms with E-state index < -0.39 is 0 Å². The molecule has 0 bridgehead atoms. The van der Waals surface area contributed by atoms with Crippen molar-refractivity contribution in [3.8, 4) is 11.5 Å². The van der Waals surface area contributed by atoms with Crippen molar-refractivity contribution < 1.29 is 9.47 Å². The Kier molecular flexibility index (Phi) is 4.07. The number of nitrogens with two attached hydrogens (primary N) is 1. The maximum absolute atomic E-state index is 5.66. The lowest BCUT2D eigenvalue weighted by Gasteiger charge is -2.08. The number of likely N-dealkylation sites (N-methyl/N-ethyl adjacent to an activating group) is 1. The summed E-state index contributed by atoms with van der Waals surface area (Å²) in [5.74, 6) is 1.42. The minimum Gasteiger partial charge on any atom is -0.494 e. The van der Waals surface area contributed by atoms with Crippen LogP contribution in [0.25, 0.3) is 0 Å². The molecule has 3 N–H and O–H groups in total. The number of hydrogen-bond acceptors (Lipinski definition) is 4. The lowest BCUT2D eigenvalue weighted by molar-refractivity contribution is 0.316. The summed E-state index contributed by atoms with van der Waals surface area (Å²) in [5, 5.41) is 3.00. The molecule has 0 aliphatic carbocycles. The first kappa shape index (κ1) is 10.7. The third kappa shape index (κ3) is 2.81. The molecule has 0 aliphatic heterocycles. The number of methoxy groups -OCH3 is 1. The van der Waals surface area contributed by atoms with Crippen LogP contribution in [0.5, 0.6) is 11.5 Å². The molecular weight excluding hydrogens is 180 g/mol. The minimum absolute atomic E-state index is 0.619. The normalized spacial score (nSPS) is 9.86. The molecule has 1 rings (SSSR count). The van der Waals surface area contributed by atoms with Crippen LogP contribution in [-0.2, 0) is 0 Å². The fraction of sp³-hybridized carbons (Fsp3) is 0.400. The first-order chi connectivity index (χ1) is 6.77. The zero-order valence-electron chi connectivity index (χ0n) is 8.54. The van der Waals surface area contributed by atoms with E-state index in [0.717, 1.165) is 12.3 Å². The van der Waals surface area contributed by atoms with Gasteiger partial charge in [-0.3, -0.25) is 0 Å². The molecular formula is C10H16N2O2. The first-order valence-corrected chi connectivity index (χ1v) is 4.49. The molecule has 0 atom stereocenters. The Morgan fingerprint density at radius 2 is 2.21 bits per heavy atom. The highest BCUT2D eigenvalue weighted by Gasteiger charge is 2.00. The van der Waals surface area contributed by atoms with E-state index >= 15 is 0 Å². The first-order valence-electron chi connectivity index (χ1n) is 4.49. The SMILES string of the molecule is CNCCOc1ccc(N)c(OC)c1. The van der Waals surface area contributed by atoms with Crippen LogP contribution in [0.2, 0.25) is 0 Å². The molecule has 0 unspecified atom stereocenters. The molecule has 0 saturated carbocycles. The second kappa shape index (κ2) is 5.34. The zero-order chi connectivity index (χ0) is 10.4. The molecule has 1 aromatic carbocycles. The van der Waals surface area contributed by atoms with Gasteiger partial charge in [-0.25, -0.2) is 0 Å². The van der Waals surface area contributed by atoms with Crippen LogP contribution in [0.15, 0.2) is 18.2 Å². The second-order valence-corrected chi connectivity index (χ2v) is 2.86. The van der Waals surface area contributed by atoms with Crippen LogP contribution in [-0.4, -0.2) is 27.3 Å². The van der Waals surface area contributed by atoms with Gasteiger partial charge in [-0.05, 0) is 19.2 Å². The van der Waals surface area contributed by atoms with Crippen LogP contribution < -0.4 is 20.5 Å². The van der Waals surface area contributed by atoms with Gasteiger partial charge in [0, 0.05) is 12.6 Å². The monoisotopic (exact) mass is 196 g/mol. The number of rotatable bonds is 5. The molecule has 0 fully saturated rings. The van der Waals surface area contributed by atoms with Gasteiger partial charge in [-0.15, -0.1) is 0 Å². The van der Waals surface area contributed by atoms with E-state index in [1.54, 1.807) is 19.2 Å². The van der Waals surface area contributed by atoms with Gasteiger partial charge in [-0.1, -0.05) is 0 Å². The van der Waals surface area contributed by atoms with E-state index in [4.69, 9.17) is 15.2 Å². The van der Waals surface area contributed by atoms with Gasteiger partial charge in [0.2, 0.25) is 0 Å². The summed E-state index contributed by atoms with van der Waals surface area (Å²) in [4.78, 5) is 0. The van der Waals surface area contributed by atoms with E-state index in [1.807, 2.05) is 13.1 Å². The predicted molar refractivity (Wildman–Crippen MR) is 56.8 cm³/mol. The summed E-state index contributed by atoms with van der Waals surface area (Å²) in [5.41, 5.74) is 6.28. The number of anilines is 1. The molecule has 0 spiro atoms. The molecule has 1 aromatic rings. The Hall–Kier alpha value is -1.42. The number of nitrogens with one attached hydrogen (secondary N) is 1. The Labute approximate surface area is 84.0 Å². The Morgan fingerprint density at radius 3 is 2.86 bits per heavy atom. The van der Waals surface area contributed by atoms with Crippen molar-refractivity contribution in [1.29, 1.82) is 0 Å². The topological polar surface area (TPSA) is 56.5 Å². The predicted octanol–water partition coefficient (Wildman–Crippen LogP) is 0.876. The summed E-state index contributed by atoms with van der Waals surface area (Å²) >= 11 is 0. The highest BCUT2D eigenvalue weighted by molar-refractivity contribution is 5.55. The molecule has 0 aliphatic rings. The van der Waals surface area contributed by atoms with E-state index in [1.165, 1.54) is 0 Å². The minimum atomic E-state index is 0.619. The summed E-state index contributed by atoms with van der Waals surface area (Å²) < 4.78 is 10.5. The van der Waals surface area contributed by atoms with Gasteiger partial charge < -0.3 is 20.5 Å². The van der Waals surface area contributed by atoms with Crippen molar-refractivity contribution in [2.24, 2.45) is 0 Å². The lowest BCUT2D eigenvalue weighted by atomic mass is 10.3. The second-order valence-electron chi connectivity index (χ2n) is 2.86. The highest BCUT2D eigenvalue weighted by Crippen LogP contribution is 2.26. The zero-order valence-corrected chi connectivity index (χ0v) is 8.54. The van der Waals surface area contributed by atoms with Crippen molar-refractivity contribution >= 4 is 5.69 Å². The van der Waals surface area contributed by atoms with Crippen molar-refractivity contribution in [2.75, 3.05) is 33.0 Å². The summed E-state index contributed by atoms with van der Waals surface area (Å²) in [6, 6.07) is 5.38. The molecule has 0 aromatic heterocycles. The molecule has 0 heterocycles. The average Bonchev–Trinajstić information content (AvgIpc) is 2.21. The molecule has 14 heavy (non-hydrogen) atoms. The quantitative estimate of drug-likeness (QED) is 0.542. The number of ether oxygens (including phenoxy) is 2. The molecule has 0 saturated heterocycles. The van der Waals surface area contributed by atoms with Crippen LogP contribution >= 0.6 is 0 Å². The van der Waals surface area contributed by atoms with Crippen molar-refractivity contribution in [3.63, 3.8) is 0 Å². The van der Waals surface area contributed by atoms with Crippen molar-refractivity contribution in [1.82, 2.24) is 5.32 Å². The molecule has 4 nitrogen and oxygen atoms in total. The standard InChI is InChI=1S/C10H16N2O2/c1-12-5-6-14-8-3-4-9(11)10(7-8)13-2/h3-4,7,12H,5-6,11H2,1-2H3. The molecule has 0 amide bonds. The van der Waals surface area contributed by atoms with E-state index in [-0.39, 0.29) is 0 Å². The third-order valence-electron chi connectivity index (χ3n) is 1.83. The molecule has 78 valence electrons. The third-order valence-corrected chi connectivity index (χ3v) is 1.83. The number of nitrogen functional groups attached to an aromatic ring is 1. The van der Waals surface area contributed by atoms with E-state index in [9.17, 15) is 0 Å². The van der Waals surface area contributed by atoms with Gasteiger partial charge in [-0.2, -0.15) is 0 Å². The maximum Gasteiger partial charge on any atom is 0.145 e. The molecule has 4 heteroatoms. The Morgan fingerprint density at radius 1 is 1.43 bits per heavy atom. The summed E-state index contributed by atoms with van der Waals surface area (Å²) in [7, 11) is 3.47. The highest BCUT2D eigenvalue weighted by atomic mass is 16.5. The Balaban J connectivity index is 2.60. The van der Waals surface area contributed by atoms with Gasteiger partial charge in [0.1, 0.15) is 18.1 Å². The van der Waals surface area contributed by atoms with Gasteiger partial charge >= 0.3 is 0 Å². The number of hydrogen-bond donors (Lipinski definition) is 2. The maximum atomic E-state index is 5.66. The van der Waals surface area contributed by atoms with E-state index in [0.29, 0.717) is 18.0 Å². The smallest absolute Gasteiger partial charge is 0.145 e. The van der Waals surface area contributed by atoms with Gasteiger partial charge in [0.25, 0.3) is 0 Å². The number of benzene rings is 1. The largest absolute Gasteiger partial charge is 0.494 e. The van der Waals surface area contributed by atoms with Crippen LogP contribution in [0.3, 0.4) is 0 Å². The van der Waals surface area contributed by atoms with Crippen LogP contribution in [0.1, 0.15) is 0 Å². The Bertz CT molecular complexity index is 289. The van der Waals surface area contributed by atoms with Gasteiger partial charge in [0.05, 0.1) is 12.8 Å². The average molecular weight is 196 g/mol. The lowest BCUT2D eigenvalue weighted by Crippen LogP contribution is -2.15. The van der Waals surface area contributed by atoms with Crippen LogP contribution in [0.4, 0.5) is 5.69 Å². The fourth-order valence-corrected chi connectivity index (χ4v) is 1.05. The summed E-state index contributed by atoms with van der Waals surface area (Å²) in [6.45, 7) is 1.44. The van der Waals surface area contributed by atoms with Crippen molar-refractivity contribution in [2.45, 2.75) is 0 Å². The van der Waals surface area contributed by atoms with Crippen molar-refractivity contribution in [3.05, 3.63) is 18.2 Å². The fourth-order valence-electron chi connectivity index (χ4n) is 1.05.